The molecule has 80 valence electrons. The fourth-order valence-electron chi connectivity index (χ4n) is 1.79. The lowest BCUT2D eigenvalue weighted by atomic mass is 10.1. The Bertz CT molecular complexity index is 392. The molecular weight excluding hydrogens is 215 g/mol. The van der Waals surface area contributed by atoms with E-state index in [4.69, 9.17) is 17.0 Å². The zero-order valence-electron chi connectivity index (χ0n) is 8.26. The topological polar surface area (TPSA) is 27.1 Å². The predicted octanol–water partition coefficient (Wildman–Crippen LogP) is 3.45. The summed E-state index contributed by atoms with van der Waals surface area (Å²) in [6.07, 6.45) is 2.72. The van der Waals surface area contributed by atoms with Gasteiger partial charge in [-0.1, -0.05) is 11.6 Å². The molecule has 1 heterocycles. The van der Waals surface area contributed by atoms with E-state index < -0.39 is 0 Å². The number of amidine groups is 1. The summed E-state index contributed by atoms with van der Waals surface area (Å²) in [6, 6.07) is 4.45. The van der Waals surface area contributed by atoms with Gasteiger partial charge in [-0.25, -0.2) is 4.39 Å². The van der Waals surface area contributed by atoms with Crippen molar-refractivity contribution in [2.45, 2.75) is 19.3 Å². The van der Waals surface area contributed by atoms with Gasteiger partial charge in [0.15, 0.2) is 0 Å². The highest BCUT2D eigenvalue weighted by molar-refractivity contribution is 6.30. The van der Waals surface area contributed by atoms with Gasteiger partial charge in [0.25, 0.3) is 0 Å². The van der Waals surface area contributed by atoms with Crippen molar-refractivity contribution in [3.05, 3.63) is 29.0 Å². The molecule has 1 aromatic carbocycles. The quantitative estimate of drug-likeness (QED) is 0.780. The van der Waals surface area contributed by atoms with Crippen LogP contribution in [0.25, 0.3) is 0 Å². The number of nitrogens with zero attached hydrogens (tertiary/aromatic N) is 1. The normalized spacial score (nSPS) is 16.9. The van der Waals surface area contributed by atoms with Crippen molar-refractivity contribution in [2.24, 2.45) is 0 Å². The molecule has 1 N–H and O–H groups in total. The number of anilines is 1. The molecule has 0 amide bonds. The number of halogens is 2. The van der Waals surface area contributed by atoms with Crippen molar-refractivity contribution < 1.29 is 4.39 Å². The van der Waals surface area contributed by atoms with Gasteiger partial charge in [-0.2, -0.15) is 0 Å². The Labute approximate surface area is 93.2 Å². The van der Waals surface area contributed by atoms with Crippen molar-refractivity contribution in [3.63, 3.8) is 0 Å². The van der Waals surface area contributed by atoms with E-state index in [1.165, 1.54) is 12.1 Å². The summed E-state index contributed by atoms with van der Waals surface area (Å²) >= 11 is 5.82. The van der Waals surface area contributed by atoms with Crippen LogP contribution >= 0.6 is 11.6 Å². The number of hydrogen-bond donors (Lipinski definition) is 1. The van der Waals surface area contributed by atoms with Crippen molar-refractivity contribution >= 4 is 23.1 Å². The van der Waals surface area contributed by atoms with E-state index in [0.717, 1.165) is 12.8 Å². The molecule has 0 aromatic heterocycles. The van der Waals surface area contributed by atoms with Crippen LogP contribution in [-0.2, 0) is 0 Å². The molecule has 2 rings (SSSR count). The first-order valence-corrected chi connectivity index (χ1v) is 5.36. The summed E-state index contributed by atoms with van der Waals surface area (Å²) in [6.45, 7) is 0.704. The van der Waals surface area contributed by atoms with E-state index in [1.807, 2.05) is 0 Å². The SMILES string of the molecule is N=C1CCCCN1c1cc(Cl)ccc1F. The largest absolute Gasteiger partial charge is 0.328 e. The molecule has 0 atom stereocenters. The summed E-state index contributed by atoms with van der Waals surface area (Å²) in [7, 11) is 0. The first kappa shape index (κ1) is 10.4. The predicted molar refractivity (Wildman–Crippen MR) is 60.3 cm³/mol. The lowest BCUT2D eigenvalue weighted by Gasteiger charge is -2.29. The van der Waals surface area contributed by atoms with E-state index in [-0.39, 0.29) is 5.82 Å². The fourth-order valence-corrected chi connectivity index (χ4v) is 1.96. The Kier molecular flexibility index (Phi) is 2.91. The summed E-state index contributed by atoms with van der Waals surface area (Å²) in [5.41, 5.74) is 0.423. The fraction of sp³-hybridized carbons (Fsp3) is 0.364. The second kappa shape index (κ2) is 4.19. The number of piperidine rings is 1. The molecule has 0 bridgehead atoms. The highest BCUT2D eigenvalue weighted by Crippen LogP contribution is 2.26. The van der Waals surface area contributed by atoms with Crippen LogP contribution in [0.5, 0.6) is 0 Å². The second-order valence-corrected chi connectivity index (χ2v) is 4.09. The van der Waals surface area contributed by atoms with Crippen LogP contribution in [0.15, 0.2) is 18.2 Å². The van der Waals surface area contributed by atoms with Crippen LogP contribution in [0.2, 0.25) is 5.02 Å². The van der Waals surface area contributed by atoms with E-state index in [0.29, 0.717) is 29.5 Å². The van der Waals surface area contributed by atoms with Gasteiger partial charge in [-0.15, -0.1) is 0 Å². The maximum Gasteiger partial charge on any atom is 0.146 e. The second-order valence-electron chi connectivity index (χ2n) is 3.65. The van der Waals surface area contributed by atoms with E-state index in [9.17, 15) is 4.39 Å². The Balaban J connectivity index is 2.34. The van der Waals surface area contributed by atoms with Gasteiger partial charge in [0, 0.05) is 18.0 Å². The molecule has 0 radical (unpaired) electrons. The molecule has 0 unspecified atom stereocenters. The molecule has 1 aromatic rings. The Morgan fingerprint density at radius 2 is 2.13 bits per heavy atom. The number of nitrogens with one attached hydrogen (secondary N) is 1. The van der Waals surface area contributed by atoms with Crippen LogP contribution in [-0.4, -0.2) is 12.4 Å². The molecule has 1 saturated heterocycles. The first-order chi connectivity index (χ1) is 7.18. The standard InChI is InChI=1S/C11H12ClFN2/c12-8-4-5-9(13)10(7-8)15-6-2-1-3-11(15)14/h4-5,7,14H,1-3,6H2. The Morgan fingerprint density at radius 3 is 2.87 bits per heavy atom. The van der Waals surface area contributed by atoms with Gasteiger partial charge in [0.05, 0.1) is 5.69 Å². The van der Waals surface area contributed by atoms with Gasteiger partial charge < -0.3 is 4.90 Å². The molecule has 0 saturated carbocycles. The highest BCUT2D eigenvalue weighted by Gasteiger charge is 2.19. The van der Waals surface area contributed by atoms with E-state index >= 15 is 0 Å². The van der Waals surface area contributed by atoms with Crippen LogP contribution in [0.1, 0.15) is 19.3 Å². The third kappa shape index (κ3) is 2.12. The summed E-state index contributed by atoms with van der Waals surface area (Å²) in [5.74, 6) is 0.161. The van der Waals surface area contributed by atoms with Crippen molar-refractivity contribution in [1.29, 1.82) is 5.41 Å². The molecule has 2 nitrogen and oxygen atoms in total. The maximum absolute atomic E-state index is 13.5. The number of rotatable bonds is 1. The van der Waals surface area contributed by atoms with Crippen LogP contribution in [0.3, 0.4) is 0 Å². The summed E-state index contributed by atoms with van der Waals surface area (Å²) in [5, 5.41) is 8.27. The van der Waals surface area contributed by atoms with Gasteiger partial charge in [0.2, 0.25) is 0 Å². The average Bonchev–Trinajstić information content (AvgIpc) is 2.23. The zero-order chi connectivity index (χ0) is 10.8. The molecular formula is C11H12ClFN2. The van der Waals surface area contributed by atoms with Gasteiger partial charge in [-0.05, 0) is 31.0 Å². The molecule has 15 heavy (non-hydrogen) atoms. The molecule has 1 aliphatic rings. The van der Waals surface area contributed by atoms with Crippen LogP contribution in [0.4, 0.5) is 10.1 Å². The highest BCUT2D eigenvalue weighted by atomic mass is 35.5. The minimum atomic E-state index is -0.314. The van der Waals surface area contributed by atoms with Gasteiger partial charge >= 0.3 is 0 Å². The number of hydrogen-bond acceptors (Lipinski definition) is 1. The van der Waals surface area contributed by atoms with Crippen molar-refractivity contribution in [1.82, 2.24) is 0 Å². The molecule has 1 fully saturated rings. The van der Waals surface area contributed by atoms with Gasteiger partial charge in [0.1, 0.15) is 11.7 Å². The summed E-state index contributed by atoms with van der Waals surface area (Å²) in [4.78, 5) is 1.70. The lowest BCUT2D eigenvalue weighted by Crippen LogP contribution is -2.35. The minimum Gasteiger partial charge on any atom is -0.328 e. The van der Waals surface area contributed by atoms with Crippen molar-refractivity contribution in [3.8, 4) is 0 Å². The number of benzene rings is 1. The molecule has 4 heteroatoms. The van der Waals surface area contributed by atoms with Crippen molar-refractivity contribution in [2.75, 3.05) is 11.4 Å². The molecule has 0 aliphatic carbocycles. The maximum atomic E-state index is 13.5. The Morgan fingerprint density at radius 1 is 1.33 bits per heavy atom. The lowest BCUT2D eigenvalue weighted by molar-refractivity contribution is 0.617. The monoisotopic (exact) mass is 226 g/mol. The third-order valence-corrected chi connectivity index (χ3v) is 2.81. The molecule has 1 aliphatic heterocycles. The smallest absolute Gasteiger partial charge is 0.146 e. The Hall–Kier alpha value is -1.09. The van der Waals surface area contributed by atoms with Crippen LogP contribution in [0, 0.1) is 11.2 Å². The third-order valence-electron chi connectivity index (χ3n) is 2.57. The summed E-state index contributed by atoms with van der Waals surface area (Å²) < 4.78 is 13.5. The van der Waals surface area contributed by atoms with Gasteiger partial charge in [-0.3, -0.25) is 5.41 Å². The minimum absolute atomic E-state index is 0.314. The average molecular weight is 227 g/mol. The zero-order valence-corrected chi connectivity index (χ0v) is 9.02. The van der Waals surface area contributed by atoms with E-state index in [2.05, 4.69) is 0 Å². The first-order valence-electron chi connectivity index (χ1n) is 4.98. The van der Waals surface area contributed by atoms with Crippen LogP contribution < -0.4 is 4.90 Å². The van der Waals surface area contributed by atoms with E-state index in [1.54, 1.807) is 11.0 Å². The molecule has 0 spiro atoms.